The van der Waals surface area contributed by atoms with E-state index in [0.29, 0.717) is 6.04 Å². The summed E-state index contributed by atoms with van der Waals surface area (Å²) >= 11 is 3.62. The fourth-order valence-corrected chi connectivity index (χ4v) is 2.19. The summed E-state index contributed by atoms with van der Waals surface area (Å²) in [6, 6.07) is 7.02. The second-order valence-corrected chi connectivity index (χ2v) is 5.57. The van der Waals surface area contributed by atoms with Crippen LogP contribution in [-0.2, 0) is 0 Å². The van der Waals surface area contributed by atoms with Crippen molar-refractivity contribution in [3.8, 4) is 0 Å². The van der Waals surface area contributed by atoms with Crippen LogP contribution in [0.4, 0.5) is 0 Å². The molecular weight excluding hydrogens is 274 g/mol. The molecule has 0 atom stereocenters. The molecule has 17 heavy (non-hydrogen) atoms. The predicted molar refractivity (Wildman–Crippen MR) is 80.3 cm³/mol. The summed E-state index contributed by atoms with van der Waals surface area (Å²) in [4.78, 5) is 0. The van der Waals surface area contributed by atoms with Gasteiger partial charge in [0.25, 0.3) is 0 Å². The number of hydrogen-bond acceptors (Lipinski definition) is 1. The summed E-state index contributed by atoms with van der Waals surface area (Å²) in [6.07, 6.45) is 3.36. The van der Waals surface area contributed by atoms with Crippen LogP contribution < -0.4 is 5.32 Å². The Hall–Kier alpha value is -0.600. The third-order valence-electron chi connectivity index (χ3n) is 2.71. The number of benzene rings is 1. The lowest BCUT2D eigenvalue weighted by Crippen LogP contribution is -2.24. The number of aryl methyl sites for hydroxylation is 1. The second kappa shape index (κ2) is 6.97. The highest BCUT2D eigenvalue weighted by molar-refractivity contribution is 9.10. The first kappa shape index (κ1) is 14.5. The Bertz CT molecular complexity index is 394. The van der Waals surface area contributed by atoms with Crippen molar-refractivity contribution in [2.45, 2.75) is 40.2 Å². The molecule has 94 valence electrons. The van der Waals surface area contributed by atoms with Gasteiger partial charge in [0.15, 0.2) is 0 Å². The number of hydrogen-bond donors (Lipinski definition) is 1. The van der Waals surface area contributed by atoms with Gasteiger partial charge in [0.05, 0.1) is 0 Å². The fourth-order valence-electron chi connectivity index (χ4n) is 1.58. The summed E-state index contributed by atoms with van der Waals surface area (Å²) in [5.41, 5.74) is 3.98. The van der Waals surface area contributed by atoms with E-state index in [1.54, 1.807) is 0 Å². The molecule has 0 radical (unpaired) electrons. The zero-order valence-corrected chi connectivity index (χ0v) is 12.8. The van der Waals surface area contributed by atoms with Crippen LogP contribution in [0.15, 0.2) is 28.2 Å². The van der Waals surface area contributed by atoms with Gasteiger partial charge in [-0.15, -0.1) is 0 Å². The lowest BCUT2D eigenvalue weighted by Gasteiger charge is -2.11. The maximum atomic E-state index is 3.62. The monoisotopic (exact) mass is 295 g/mol. The summed E-state index contributed by atoms with van der Waals surface area (Å²) in [5, 5.41) is 3.46. The Morgan fingerprint density at radius 3 is 2.65 bits per heavy atom. The number of nitrogens with one attached hydrogen (secondary N) is 1. The van der Waals surface area contributed by atoms with E-state index in [9.17, 15) is 0 Å². The standard InChI is InChI=1S/C15H22BrN/c1-5-13(10-17-11(2)3)9-14-7-6-12(4)8-15(14)16/h6-9,11,17H,5,10H2,1-4H3/b13-9-. The van der Waals surface area contributed by atoms with Crippen molar-refractivity contribution in [1.82, 2.24) is 5.32 Å². The van der Waals surface area contributed by atoms with Crippen LogP contribution in [-0.4, -0.2) is 12.6 Å². The molecule has 0 fully saturated rings. The number of rotatable bonds is 5. The maximum absolute atomic E-state index is 3.62. The van der Waals surface area contributed by atoms with Crippen LogP contribution >= 0.6 is 15.9 Å². The van der Waals surface area contributed by atoms with Gasteiger partial charge in [-0.05, 0) is 30.5 Å². The summed E-state index contributed by atoms with van der Waals surface area (Å²) in [7, 11) is 0. The minimum absolute atomic E-state index is 0.534. The van der Waals surface area contributed by atoms with Crippen LogP contribution in [0, 0.1) is 6.92 Å². The first-order valence-corrected chi connectivity index (χ1v) is 7.01. The molecule has 0 aliphatic heterocycles. The SMILES string of the molecule is CC/C(=C/c1ccc(C)cc1Br)CNC(C)C. The molecule has 0 heterocycles. The smallest absolute Gasteiger partial charge is 0.0250 e. The first-order chi connectivity index (χ1) is 8.02. The lowest BCUT2D eigenvalue weighted by atomic mass is 10.1. The average Bonchev–Trinajstić information content (AvgIpc) is 2.26. The van der Waals surface area contributed by atoms with E-state index < -0.39 is 0 Å². The van der Waals surface area contributed by atoms with Crippen molar-refractivity contribution in [2.24, 2.45) is 0 Å². The van der Waals surface area contributed by atoms with Crippen molar-refractivity contribution in [3.63, 3.8) is 0 Å². The Morgan fingerprint density at radius 2 is 2.12 bits per heavy atom. The van der Waals surface area contributed by atoms with Gasteiger partial charge >= 0.3 is 0 Å². The van der Waals surface area contributed by atoms with Crippen LogP contribution in [0.1, 0.15) is 38.3 Å². The third kappa shape index (κ3) is 5.05. The summed E-state index contributed by atoms with van der Waals surface area (Å²) < 4.78 is 1.17. The highest BCUT2D eigenvalue weighted by atomic mass is 79.9. The highest BCUT2D eigenvalue weighted by Gasteiger charge is 2.01. The average molecular weight is 296 g/mol. The Morgan fingerprint density at radius 1 is 1.41 bits per heavy atom. The molecule has 1 aromatic rings. The molecule has 0 bridgehead atoms. The van der Waals surface area contributed by atoms with Crippen LogP contribution in [0.25, 0.3) is 6.08 Å². The molecule has 1 rings (SSSR count). The molecule has 0 aliphatic rings. The Kier molecular flexibility index (Phi) is 5.93. The molecule has 0 aromatic heterocycles. The van der Waals surface area contributed by atoms with Gasteiger partial charge in [-0.2, -0.15) is 0 Å². The van der Waals surface area contributed by atoms with E-state index in [-0.39, 0.29) is 0 Å². The zero-order chi connectivity index (χ0) is 12.8. The molecular formula is C15H22BrN. The van der Waals surface area contributed by atoms with E-state index in [4.69, 9.17) is 0 Å². The fraction of sp³-hybridized carbons (Fsp3) is 0.467. The largest absolute Gasteiger partial charge is 0.311 e. The minimum atomic E-state index is 0.534. The van der Waals surface area contributed by atoms with Gasteiger partial charge in [-0.3, -0.25) is 0 Å². The van der Waals surface area contributed by atoms with E-state index in [0.717, 1.165) is 13.0 Å². The van der Waals surface area contributed by atoms with Crippen molar-refractivity contribution in [2.75, 3.05) is 6.54 Å². The van der Waals surface area contributed by atoms with E-state index in [1.165, 1.54) is 21.2 Å². The highest BCUT2D eigenvalue weighted by Crippen LogP contribution is 2.21. The summed E-state index contributed by atoms with van der Waals surface area (Å²) in [5.74, 6) is 0. The second-order valence-electron chi connectivity index (χ2n) is 4.72. The number of halogens is 1. The van der Waals surface area contributed by atoms with Crippen LogP contribution in [0.3, 0.4) is 0 Å². The van der Waals surface area contributed by atoms with Crippen molar-refractivity contribution < 1.29 is 0 Å². The van der Waals surface area contributed by atoms with Gasteiger partial charge in [0, 0.05) is 17.1 Å². The maximum Gasteiger partial charge on any atom is 0.0250 e. The lowest BCUT2D eigenvalue weighted by molar-refractivity contribution is 0.617. The minimum Gasteiger partial charge on any atom is -0.311 e. The topological polar surface area (TPSA) is 12.0 Å². The van der Waals surface area contributed by atoms with Crippen molar-refractivity contribution >= 4 is 22.0 Å². The van der Waals surface area contributed by atoms with Gasteiger partial charge in [-0.25, -0.2) is 0 Å². The Balaban J connectivity index is 2.82. The Labute approximate surface area is 113 Å². The van der Waals surface area contributed by atoms with Crippen LogP contribution in [0.2, 0.25) is 0 Å². The van der Waals surface area contributed by atoms with Gasteiger partial charge < -0.3 is 5.32 Å². The van der Waals surface area contributed by atoms with E-state index >= 15 is 0 Å². The first-order valence-electron chi connectivity index (χ1n) is 6.22. The molecule has 0 saturated heterocycles. The molecule has 0 amide bonds. The zero-order valence-electron chi connectivity index (χ0n) is 11.2. The molecule has 0 spiro atoms. The molecule has 0 unspecified atom stereocenters. The molecule has 0 aliphatic carbocycles. The van der Waals surface area contributed by atoms with Crippen molar-refractivity contribution in [3.05, 3.63) is 39.4 Å². The van der Waals surface area contributed by atoms with Gasteiger partial charge in [0.2, 0.25) is 0 Å². The molecule has 1 aromatic carbocycles. The molecule has 2 heteroatoms. The normalized spacial score (nSPS) is 12.2. The van der Waals surface area contributed by atoms with Crippen molar-refractivity contribution in [1.29, 1.82) is 0 Å². The molecule has 0 saturated carbocycles. The predicted octanol–water partition coefficient (Wildman–Crippen LogP) is 4.55. The van der Waals surface area contributed by atoms with Gasteiger partial charge in [0.1, 0.15) is 0 Å². The van der Waals surface area contributed by atoms with Crippen LogP contribution in [0.5, 0.6) is 0 Å². The molecule has 1 nitrogen and oxygen atoms in total. The molecule has 1 N–H and O–H groups in total. The summed E-state index contributed by atoms with van der Waals surface area (Å²) in [6.45, 7) is 9.63. The van der Waals surface area contributed by atoms with E-state index in [1.807, 2.05) is 0 Å². The van der Waals surface area contributed by atoms with E-state index in [2.05, 4.69) is 73.2 Å². The van der Waals surface area contributed by atoms with Gasteiger partial charge in [-0.1, -0.05) is 60.5 Å². The quantitative estimate of drug-likeness (QED) is 0.840. The third-order valence-corrected chi connectivity index (χ3v) is 3.39.